The molecule has 0 amide bonds. The SMILES string of the molecule is CCOCCCCCCCCCCCCCCCCCC[SiH3]. The highest BCUT2D eigenvalue weighted by Gasteiger charge is 1.94. The Balaban J connectivity index is 2.91. The summed E-state index contributed by atoms with van der Waals surface area (Å²) in [6, 6.07) is 1.51. The van der Waals surface area contributed by atoms with Crippen molar-refractivity contribution in [2.24, 2.45) is 0 Å². The largest absolute Gasteiger partial charge is 0.382 e. The van der Waals surface area contributed by atoms with Crippen molar-refractivity contribution < 1.29 is 4.74 Å². The molecule has 0 heterocycles. The van der Waals surface area contributed by atoms with Crippen LogP contribution in [0.2, 0.25) is 6.04 Å². The summed E-state index contributed by atoms with van der Waals surface area (Å²) in [4.78, 5) is 0. The van der Waals surface area contributed by atoms with Crippen molar-refractivity contribution in [3.63, 3.8) is 0 Å². The van der Waals surface area contributed by atoms with E-state index in [4.69, 9.17) is 4.74 Å². The van der Waals surface area contributed by atoms with Crippen LogP contribution in [0.4, 0.5) is 0 Å². The summed E-state index contributed by atoms with van der Waals surface area (Å²) in [5, 5.41) is 0. The Hall–Kier alpha value is 0.177. The summed E-state index contributed by atoms with van der Waals surface area (Å²) < 4.78 is 5.36. The quantitative estimate of drug-likeness (QED) is 0.207. The molecule has 0 bridgehead atoms. The van der Waals surface area contributed by atoms with Gasteiger partial charge in [0, 0.05) is 23.5 Å². The van der Waals surface area contributed by atoms with Crippen LogP contribution in [-0.2, 0) is 4.74 Å². The summed E-state index contributed by atoms with van der Waals surface area (Å²) in [6.45, 7) is 3.92. The molecule has 0 saturated heterocycles. The van der Waals surface area contributed by atoms with Crippen molar-refractivity contribution in [2.75, 3.05) is 13.2 Å². The Labute approximate surface area is 144 Å². The van der Waals surface area contributed by atoms with Crippen LogP contribution in [0.25, 0.3) is 0 Å². The molecule has 22 heavy (non-hydrogen) atoms. The minimum absolute atomic E-state index is 0.875. The second-order valence-electron chi connectivity index (χ2n) is 6.85. The van der Waals surface area contributed by atoms with Crippen LogP contribution in [0.15, 0.2) is 0 Å². The van der Waals surface area contributed by atoms with Crippen molar-refractivity contribution >= 4 is 10.2 Å². The van der Waals surface area contributed by atoms with Crippen molar-refractivity contribution in [3.8, 4) is 0 Å². The first-order chi connectivity index (χ1) is 10.9. The van der Waals surface area contributed by atoms with E-state index in [0.29, 0.717) is 0 Å². The topological polar surface area (TPSA) is 9.23 Å². The summed E-state index contributed by atoms with van der Waals surface area (Å²) in [6.07, 6.45) is 23.3. The van der Waals surface area contributed by atoms with Crippen LogP contribution >= 0.6 is 0 Å². The highest BCUT2D eigenvalue weighted by Crippen LogP contribution is 2.13. The standard InChI is InChI=1S/C20H44OSi/c1-2-21-19-17-15-13-11-9-7-5-3-4-6-8-10-12-14-16-18-20-22/h2-20H2,1,22H3. The van der Waals surface area contributed by atoms with Crippen LogP contribution in [-0.4, -0.2) is 23.5 Å². The lowest BCUT2D eigenvalue weighted by molar-refractivity contribution is 0.143. The highest BCUT2D eigenvalue weighted by atomic mass is 28.1. The molecular formula is C20H44OSi. The van der Waals surface area contributed by atoms with E-state index < -0.39 is 0 Å². The smallest absolute Gasteiger partial charge is 0.0465 e. The zero-order chi connectivity index (χ0) is 16.1. The van der Waals surface area contributed by atoms with E-state index in [1.54, 1.807) is 0 Å². The van der Waals surface area contributed by atoms with Gasteiger partial charge in [-0.2, -0.15) is 0 Å². The van der Waals surface area contributed by atoms with Crippen LogP contribution < -0.4 is 0 Å². The fourth-order valence-corrected chi connectivity index (χ4v) is 3.57. The van der Waals surface area contributed by atoms with Gasteiger partial charge in [0.25, 0.3) is 0 Å². The monoisotopic (exact) mass is 328 g/mol. The first-order valence-electron chi connectivity index (χ1n) is 10.5. The molecule has 0 aromatic rings. The van der Waals surface area contributed by atoms with Gasteiger partial charge in [0.2, 0.25) is 0 Å². The van der Waals surface area contributed by atoms with Crippen molar-refractivity contribution in [1.82, 2.24) is 0 Å². The normalized spacial score (nSPS) is 11.3. The lowest BCUT2D eigenvalue weighted by Crippen LogP contribution is -1.92. The number of unbranched alkanes of at least 4 members (excludes halogenated alkanes) is 15. The zero-order valence-corrected chi connectivity index (χ0v) is 17.8. The highest BCUT2D eigenvalue weighted by molar-refractivity contribution is 6.08. The summed E-state index contributed by atoms with van der Waals surface area (Å²) in [5.74, 6) is 0. The zero-order valence-electron chi connectivity index (χ0n) is 15.8. The Morgan fingerprint density at radius 3 is 1.14 bits per heavy atom. The summed E-state index contributed by atoms with van der Waals surface area (Å²) in [7, 11) is 1.41. The lowest BCUT2D eigenvalue weighted by Gasteiger charge is -2.04. The molecule has 0 aliphatic carbocycles. The molecule has 0 rings (SSSR count). The molecule has 0 radical (unpaired) electrons. The Morgan fingerprint density at radius 1 is 0.500 bits per heavy atom. The molecule has 0 fully saturated rings. The molecule has 134 valence electrons. The molecule has 0 spiro atoms. The second-order valence-corrected chi connectivity index (χ2v) is 7.85. The molecule has 0 aliphatic rings. The third-order valence-corrected chi connectivity index (χ3v) is 5.30. The predicted octanol–water partition coefficient (Wildman–Crippen LogP) is 6.05. The molecule has 1 nitrogen and oxygen atoms in total. The van der Waals surface area contributed by atoms with E-state index in [0.717, 1.165) is 13.2 Å². The minimum atomic E-state index is 0.875. The van der Waals surface area contributed by atoms with Gasteiger partial charge in [-0.05, 0) is 13.3 Å². The third kappa shape index (κ3) is 20.2. The van der Waals surface area contributed by atoms with Crippen LogP contribution in [0, 0.1) is 0 Å². The van der Waals surface area contributed by atoms with Crippen molar-refractivity contribution in [2.45, 2.75) is 116 Å². The van der Waals surface area contributed by atoms with E-state index in [1.807, 2.05) is 0 Å². The maximum atomic E-state index is 5.36. The van der Waals surface area contributed by atoms with E-state index in [9.17, 15) is 0 Å². The lowest BCUT2D eigenvalue weighted by atomic mass is 10.0. The van der Waals surface area contributed by atoms with Gasteiger partial charge in [-0.25, -0.2) is 0 Å². The first-order valence-corrected chi connectivity index (χ1v) is 11.9. The maximum Gasteiger partial charge on any atom is 0.0465 e. The molecule has 0 aromatic heterocycles. The average Bonchev–Trinajstić information content (AvgIpc) is 2.54. The predicted molar refractivity (Wildman–Crippen MR) is 105 cm³/mol. The van der Waals surface area contributed by atoms with Crippen molar-refractivity contribution in [1.29, 1.82) is 0 Å². The molecule has 0 atom stereocenters. The fourth-order valence-electron chi connectivity index (χ4n) is 3.07. The van der Waals surface area contributed by atoms with E-state index >= 15 is 0 Å². The summed E-state index contributed by atoms with van der Waals surface area (Å²) in [5.41, 5.74) is 0. The first kappa shape index (κ1) is 22.2. The van der Waals surface area contributed by atoms with Gasteiger partial charge in [0.15, 0.2) is 0 Å². The Morgan fingerprint density at radius 2 is 0.818 bits per heavy atom. The number of hydrogen-bond donors (Lipinski definition) is 0. The van der Waals surface area contributed by atoms with Crippen LogP contribution in [0.3, 0.4) is 0 Å². The molecule has 0 unspecified atom stereocenters. The maximum absolute atomic E-state index is 5.36. The number of hydrogen-bond acceptors (Lipinski definition) is 1. The Bertz CT molecular complexity index is 165. The third-order valence-electron chi connectivity index (χ3n) is 4.60. The van der Waals surface area contributed by atoms with Crippen LogP contribution in [0.1, 0.15) is 110 Å². The average molecular weight is 329 g/mol. The van der Waals surface area contributed by atoms with E-state index in [-0.39, 0.29) is 0 Å². The Kier molecular flexibility index (Phi) is 21.3. The molecule has 0 N–H and O–H groups in total. The molecule has 0 aromatic carbocycles. The number of ether oxygens (including phenoxy) is 1. The van der Waals surface area contributed by atoms with Gasteiger partial charge < -0.3 is 4.74 Å². The summed E-state index contributed by atoms with van der Waals surface area (Å²) >= 11 is 0. The van der Waals surface area contributed by atoms with Gasteiger partial charge in [-0.1, -0.05) is 102 Å². The van der Waals surface area contributed by atoms with Crippen molar-refractivity contribution in [3.05, 3.63) is 0 Å². The minimum Gasteiger partial charge on any atom is -0.382 e. The van der Waals surface area contributed by atoms with E-state index in [2.05, 4.69) is 6.92 Å². The number of rotatable bonds is 19. The van der Waals surface area contributed by atoms with Gasteiger partial charge in [-0.15, -0.1) is 0 Å². The molecule has 0 aliphatic heterocycles. The van der Waals surface area contributed by atoms with Gasteiger partial charge in [0.05, 0.1) is 0 Å². The van der Waals surface area contributed by atoms with E-state index in [1.165, 1.54) is 119 Å². The molecule has 0 saturated carbocycles. The van der Waals surface area contributed by atoms with Gasteiger partial charge >= 0.3 is 0 Å². The molecular weight excluding hydrogens is 284 g/mol. The van der Waals surface area contributed by atoms with Gasteiger partial charge in [-0.3, -0.25) is 0 Å². The fraction of sp³-hybridized carbons (Fsp3) is 1.00. The van der Waals surface area contributed by atoms with Crippen LogP contribution in [0.5, 0.6) is 0 Å². The second kappa shape index (κ2) is 21.2. The van der Waals surface area contributed by atoms with Gasteiger partial charge in [0.1, 0.15) is 0 Å². The molecule has 2 heteroatoms.